The topological polar surface area (TPSA) is 76.6 Å². The quantitative estimate of drug-likeness (QED) is 0.888. The molecule has 0 unspecified atom stereocenters. The predicted octanol–water partition coefficient (Wildman–Crippen LogP) is 2.66. The van der Waals surface area contributed by atoms with Gasteiger partial charge < -0.3 is 19.7 Å². The fourth-order valence-electron chi connectivity index (χ4n) is 3.06. The van der Waals surface area contributed by atoms with E-state index in [2.05, 4.69) is 20.4 Å². The normalized spacial score (nSPS) is 14.8. The van der Waals surface area contributed by atoms with Gasteiger partial charge in [0.1, 0.15) is 11.5 Å². The Balaban J connectivity index is 1.59. The first-order valence-corrected chi connectivity index (χ1v) is 8.68. The van der Waals surface area contributed by atoms with Crippen LogP contribution in [0.25, 0.3) is 0 Å². The zero-order valence-electron chi connectivity index (χ0n) is 15.4. The van der Waals surface area contributed by atoms with Crippen LogP contribution in [-0.2, 0) is 4.79 Å². The number of nitrogens with zero attached hydrogens (tertiary/aromatic N) is 3. The fourth-order valence-corrected chi connectivity index (χ4v) is 3.06. The molecule has 1 N–H and O–H groups in total. The first-order chi connectivity index (χ1) is 12.6. The Labute approximate surface area is 153 Å². The van der Waals surface area contributed by atoms with Gasteiger partial charge in [0.2, 0.25) is 5.91 Å². The summed E-state index contributed by atoms with van der Waals surface area (Å²) >= 11 is 0. The van der Waals surface area contributed by atoms with Crippen molar-refractivity contribution in [2.75, 3.05) is 37.5 Å². The van der Waals surface area contributed by atoms with Crippen molar-refractivity contribution >= 4 is 17.4 Å². The van der Waals surface area contributed by atoms with E-state index in [1.165, 1.54) is 0 Å². The molecular formula is C19H24N4O3. The Bertz CT molecular complexity index is 734. The van der Waals surface area contributed by atoms with Crippen LogP contribution in [0.5, 0.6) is 11.5 Å². The second-order valence-electron chi connectivity index (χ2n) is 6.38. The zero-order valence-corrected chi connectivity index (χ0v) is 15.4. The van der Waals surface area contributed by atoms with Crippen LogP contribution in [0, 0.1) is 12.8 Å². The minimum Gasteiger partial charge on any atom is -0.497 e. The Morgan fingerprint density at radius 3 is 2.27 bits per heavy atom. The third kappa shape index (κ3) is 4.22. The number of rotatable bonds is 5. The molecule has 1 aliphatic rings. The molecule has 1 aliphatic heterocycles. The summed E-state index contributed by atoms with van der Waals surface area (Å²) in [5.41, 5.74) is 1.58. The van der Waals surface area contributed by atoms with Gasteiger partial charge in [-0.15, -0.1) is 5.10 Å². The van der Waals surface area contributed by atoms with Crippen LogP contribution < -0.4 is 19.7 Å². The SMILES string of the molecule is COc1cc(NC(=O)C2CCN(c3ccc(C)nn3)CC2)cc(OC)c1. The van der Waals surface area contributed by atoms with Crippen LogP contribution in [0.4, 0.5) is 11.5 Å². The lowest BCUT2D eigenvalue weighted by Gasteiger charge is -2.31. The summed E-state index contributed by atoms with van der Waals surface area (Å²) in [4.78, 5) is 14.8. The van der Waals surface area contributed by atoms with Crippen LogP contribution >= 0.6 is 0 Å². The second-order valence-corrected chi connectivity index (χ2v) is 6.38. The van der Waals surface area contributed by atoms with E-state index < -0.39 is 0 Å². The molecule has 0 spiro atoms. The molecule has 2 aromatic rings. The molecule has 1 saturated heterocycles. The maximum atomic E-state index is 12.6. The molecule has 0 radical (unpaired) electrons. The highest BCUT2D eigenvalue weighted by Gasteiger charge is 2.26. The summed E-state index contributed by atoms with van der Waals surface area (Å²) in [5.74, 6) is 2.16. The van der Waals surface area contributed by atoms with Gasteiger partial charge in [0.15, 0.2) is 5.82 Å². The van der Waals surface area contributed by atoms with Crippen molar-refractivity contribution in [3.05, 3.63) is 36.0 Å². The van der Waals surface area contributed by atoms with Crippen molar-refractivity contribution in [2.45, 2.75) is 19.8 Å². The minimum atomic E-state index is -0.0261. The van der Waals surface area contributed by atoms with Crippen LogP contribution in [0.3, 0.4) is 0 Å². The van der Waals surface area contributed by atoms with E-state index >= 15 is 0 Å². The standard InChI is InChI=1S/C19H24N4O3/c1-13-4-5-18(22-21-13)23-8-6-14(7-9-23)19(24)20-15-10-16(25-2)12-17(11-15)26-3/h4-5,10-12,14H,6-9H2,1-3H3,(H,20,24). The molecule has 3 rings (SSSR count). The third-order valence-corrected chi connectivity index (χ3v) is 4.59. The molecule has 1 fully saturated rings. The maximum absolute atomic E-state index is 12.6. The van der Waals surface area contributed by atoms with Gasteiger partial charge in [-0.3, -0.25) is 4.79 Å². The summed E-state index contributed by atoms with van der Waals surface area (Å²) in [5, 5.41) is 11.3. The van der Waals surface area contributed by atoms with E-state index in [9.17, 15) is 4.79 Å². The molecule has 1 aromatic carbocycles. The van der Waals surface area contributed by atoms with Gasteiger partial charge >= 0.3 is 0 Å². The molecular weight excluding hydrogens is 332 g/mol. The van der Waals surface area contributed by atoms with Gasteiger partial charge in [-0.05, 0) is 31.9 Å². The number of ether oxygens (including phenoxy) is 2. The zero-order chi connectivity index (χ0) is 18.5. The monoisotopic (exact) mass is 356 g/mol. The van der Waals surface area contributed by atoms with Gasteiger partial charge in [-0.25, -0.2) is 0 Å². The number of carbonyl (C=O) groups is 1. The van der Waals surface area contributed by atoms with Gasteiger partial charge in [-0.2, -0.15) is 5.10 Å². The lowest BCUT2D eigenvalue weighted by Crippen LogP contribution is -2.38. The number of aryl methyl sites for hydroxylation is 1. The molecule has 0 aliphatic carbocycles. The molecule has 0 atom stereocenters. The van der Waals surface area contributed by atoms with E-state index in [1.54, 1.807) is 32.4 Å². The Kier molecular flexibility index (Phi) is 5.55. The van der Waals surface area contributed by atoms with Crippen LogP contribution in [0.2, 0.25) is 0 Å². The van der Waals surface area contributed by atoms with Crippen molar-refractivity contribution in [1.82, 2.24) is 10.2 Å². The lowest BCUT2D eigenvalue weighted by molar-refractivity contribution is -0.120. The van der Waals surface area contributed by atoms with E-state index in [0.29, 0.717) is 17.2 Å². The maximum Gasteiger partial charge on any atom is 0.227 e. The molecule has 0 bridgehead atoms. The fraction of sp³-hybridized carbons (Fsp3) is 0.421. The molecule has 2 heterocycles. The first-order valence-electron chi connectivity index (χ1n) is 8.68. The number of methoxy groups -OCH3 is 2. The molecule has 7 nitrogen and oxygen atoms in total. The van der Waals surface area contributed by atoms with Gasteiger partial charge in [-0.1, -0.05) is 0 Å². The van der Waals surface area contributed by atoms with Gasteiger partial charge in [0.05, 0.1) is 19.9 Å². The average Bonchev–Trinajstić information content (AvgIpc) is 2.68. The van der Waals surface area contributed by atoms with Crippen LogP contribution in [0.1, 0.15) is 18.5 Å². The van der Waals surface area contributed by atoms with Crippen molar-refractivity contribution in [3.8, 4) is 11.5 Å². The van der Waals surface area contributed by atoms with Crippen molar-refractivity contribution in [2.24, 2.45) is 5.92 Å². The highest BCUT2D eigenvalue weighted by Crippen LogP contribution is 2.27. The highest BCUT2D eigenvalue weighted by atomic mass is 16.5. The Morgan fingerprint density at radius 1 is 1.08 bits per heavy atom. The smallest absolute Gasteiger partial charge is 0.227 e. The van der Waals surface area contributed by atoms with E-state index in [1.807, 2.05) is 19.1 Å². The van der Waals surface area contributed by atoms with E-state index in [-0.39, 0.29) is 11.8 Å². The van der Waals surface area contributed by atoms with Crippen molar-refractivity contribution in [1.29, 1.82) is 0 Å². The molecule has 1 amide bonds. The van der Waals surface area contributed by atoms with Crippen LogP contribution in [0.15, 0.2) is 30.3 Å². The molecule has 138 valence electrons. The molecule has 0 saturated carbocycles. The number of nitrogens with one attached hydrogen (secondary N) is 1. The Hall–Kier alpha value is -2.83. The number of hydrogen-bond acceptors (Lipinski definition) is 6. The van der Waals surface area contributed by atoms with Gasteiger partial charge in [0, 0.05) is 42.9 Å². The lowest BCUT2D eigenvalue weighted by atomic mass is 9.96. The largest absolute Gasteiger partial charge is 0.497 e. The number of anilines is 2. The summed E-state index contributed by atoms with van der Waals surface area (Å²) in [7, 11) is 3.17. The average molecular weight is 356 g/mol. The summed E-state index contributed by atoms with van der Waals surface area (Å²) in [6.45, 7) is 3.50. The number of aromatic nitrogens is 2. The molecule has 1 aromatic heterocycles. The van der Waals surface area contributed by atoms with E-state index in [4.69, 9.17) is 9.47 Å². The number of amides is 1. The minimum absolute atomic E-state index is 0.0231. The second kappa shape index (κ2) is 8.03. The van der Waals surface area contributed by atoms with E-state index in [0.717, 1.165) is 37.4 Å². The summed E-state index contributed by atoms with van der Waals surface area (Å²) in [6, 6.07) is 9.29. The number of hydrogen-bond donors (Lipinski definition) is 1. The number of benzene rings is 1. The Morgan fingerprint density at radius 2 is 1.73 bits per heavy atom. The third-order valence-electron chi connectivity index (χ3n) is 4.59. The van der Waals surface area contributed by atoms with Gasteiger partial charge in [0.25, 0.3) is 0 Å². The predicted molar refractivity (Wildman–Crippen MR) is 99.9 cm³/mol. The highest BCUT2D eigenvalue weighted by molar-refractivity contribution is 5.93. The molecule has 26 heavy (non-hydrogen) atoms. The first kappa shape index (κ1) is 18.0. The van der Waals surface area contributed by atoms with Crippen molar-refractivity contribution in [3.63, 3.8) is 0 Å². The van der Waals surface area contributed by atoms with Crippen LogP contribution in [-0.4, -0.2) is 43.4 Å². The van der Waals surface area contributed by atoms with Crippen molar-refractivity contribution < 1.29 is 14.3 Å². The summed E-state index contributed by atoms with van der Waals surface area (Å²) in [6.07, 6.45) is 1.56. The summed E-state index contributed by atoms with van der Waals surface area (Å²) < 4.78 is 10.5. The number of piperidine rings is 1. The molecule has 7 heteroatoms. The number of carbonyl (C=O) groups excluding carboxylic acids is 1.